The molecular weight excluding hydrogens is 190 g/mol. The summed E-state index contributed by atoms with van der Waals surface area (Å²) in [7, 11) is 0. The summed E-state index contributed by atoms with van der Waals surface area (Å²) < 4.78 is 0. The second-order valence-electron chi connectivity index (χ2n) is 2.64. The van der Waals surface area contributed by atoms with E-state index in [4.69, 9.17) is 11.5 Å². The molecule has 0 radical (unpaired) electrons. The average Bonchev–Trinajstić information content (AvgIpc) is 2.46. The van der Waals surface area contributed by atoms with Crippen molar-refractivity contribution in [2.75, 3.05) is 5.75 Å². The fraction of sp³-hybridized carbons (Fsp3) is 0.500. The molecule has 0 aliphatic carbocycles. The molecular formula is C8H9NO3S. The highest BCUT2D eigenvalue weighted by Crippen LogP contribution is 2.28. The molecule has 1 amide bonds. The molecule has 2 unspecified atom stereocenters. The minimum atomic E-state index is -1.000. The summed E-state index contributed by atoms with van der Waals surface area (Å²) in [6, 6.07) is -0.774. The van der Waals surface area contributed by atoms with Crippen molar-refractivity contribution < 1.29 is 14.7 Å². The molecule has 2 atom stereocenters. The molecule has 5 heteroatoms. The molecule has 0 bridgehead atoms. The maximum absolute atomic E-state index is 11.2. The molecule has 0 spiro atoms. The summed E-state index contributed by atoms with van der Waals surface area (Å²) in [6.07, 6.45) is 4.93. The third-order valence-corrected chi connectivity index (χ3v) is 3.08. The second-order valence-corrected chi connectivity index (χ2v) is 3.99. The largest absolute Gasteiger partial charge is 0.480 e. The first-order valence-corrected chi connectivity index (χ1v) is 4.76. The Morgan fingerprint density at radius 2 is 2.31 bits per heavy atom. The lowest BCUT2D eigenvalue weighted by Crippen LogP contribution is -2.44. The molecule has 1 heterocycles. The van der Waals surface area contributed by atoms with Crippen LogP contribution in [0.2, 0.25) is 0 Å². The summed E-state index contributed by atoms with van der Waals surface area (Å²) in [5.41, 5.74) is 0. The minimum absolute atomic E-state index is 0.148. The van der Waals surface area contributed by atoms with Gasteiger partial charge in [0.1, 0.15) is 6.04 Å². The standard InChI is InChI=1S/C8H9NO3S/c1-3-7(10)9-5(2)13-4-6(9)8(11)12/h1,5-6H,4H2,2H3,(H,11,12). The van der Waals surface area contributed by atoms with Gasteiger partial charge in [0.15, 0.2) is 0 Å². The molecule has 0 aromatic heterocycles. The van der Waals surface area contributed by atoms with Crippen molar-refractivity contribution >= 4 is 23.6 Å². The number of terminal acetylenes is 1. The lowest BCUT2D eigenvalue weighted by Gasteiger charge is -2.21. The maximum Gasteiger partial charge on any atom is 0.327 e. The van der Waals surface area contributed by atoms with E-state index in [0.717, 1.165) is 0 Å². The van der Waals surface area contributed by atoms with E-state index in [9.17, 15) is 9.59 Å². The molecule has 0 saturated carbocycles. The zero-order chi connectivity index (χ0) is 10.0. The van der Waals surface area contributed by atoms with Crippen molar-refractivity contribution in [1.82, 2.24) is 4.90 Å². The van der Waals surface area contributed by atoms with Crippen LogP contribution in [0.1, 0.15) is 6.92 Å². The number of carboxylic acid groups (broad SMARTS) is 1. The lowest BCUT2D eigenvalue weighted by molar-refractivity contribution is -0.146. The molecule has 1 aliphatic heterocycles. The normalized spacial score (nSPS) is 26.9. The predicted octanol–water partition coefficient (Wildman–Crippen LogP) is -0.00580. The van der Waals surface area contributed by atoms with Crippen molar-refractivity contribution in [3.8, 4) is 12.3 Å². The van der Waals surface area contributed by atoms with Gasteiger partial charge in [0.25, 0.3) is 5.91 Å². The second kappa shape index (κ2) is 3.71. The number of hydrogen-bond acceptors (Lipinski definition) is 3. The van der Waals surface area contributed by atoms with Crippen LogP contribution < -0.4 is 0 Å². The SMILES string of the molecule is C#CC(=O)N1C(C)SCC1C(=O)O. The number of nitrogens with zero attached hydrogens (tertiary/aromatic N) is 1. The number of thioether (sulfide) groups is 1. The zero-order valence-corrected chi connectivity index (χ0v) is 7.87. The number of aliphatic carboxylic acids is 1. The third-order valence-electron chi connectivity index (χ3n) is 1.87. The quantitative estimate of drug-likeness (QED) is 0.604. The summed E-state index contributed by atoms with van der Waals surface area (Å²) in [6.45, 7) is 1.77. The molecule has 1 rings (SSSR count). The Hall–Kier alpha value is -1.15. The lowest BCUT2D eigenvalue weighted by atomic mass is 10.3. The fourth-order valence-corrected chi connectivity index (χ4v) is 2.38. The van der Waals surface area contributed by atoms with Gasteiger partial charge in [-0.3, -0.25) is 4.79 Å². The molecule has 0 aromatic carbocycles. The fourth-order valence-electron chi connectivity index (χ4n) is 1.22. The maximum atomic E-state index is 11.2. The first-order valence-electron chi connectivity index (χ1n) is 3.71. The molecule has 70 valence electrons. The highest BCUT2D eigenvalue weighted by molar-refractivity contribution is 8.00. The minimum Gasteiger partial charge on any atom is -0.480 e. The van der Waals surface area contributed by atoms with Gasteiger partial charge < -0.3 is 10.0 Å². The van der Waals surface area contributed by atoms with E-state index in [2.05, 4.69) is 0 Å². The van der Waals surface area contributed by atoms with Gasteiger partial charge in [-0.25, -0.2) is 4.79 Å². The average molecular weight is 199 g/mol. The molecule has 1 fully saturated rings. The molecule has 13 heavy (non-hydrogen) atoms. The van der Waals surface area contributed by atoms with Crippen LogP contribution in [0.3, 0.4) is 0 Å². The number of carbonyl (C=O) groups is 2. The first-order chi connectivity index (χ1) is 6.07. The van der Waals surface area contributed by atoms with Crippen molar-refractivity contribution in [3.63, 3.8) is 0 Å². The Labute approximate surface area is 80.3 Å². The van der Waals surface area contributed by atoms with E-state index in [1.165, 1.54) is 16.7 Å². The van der Waals surface area contributed by atoms with E-state index in [-0.39, 0.29) is 5.37 Å². The highest BCUT2D eigenvalue weighted by Gasteiger charge is 2.38. The van der Waals surface area contributed by atoms with Gasteiger partial charge in [0.05, 0.1) is 5.37 Å². The Morgan fingerprint density at radius 3 is 2.77 bits per heavy atom. The van der Waals surface area contributed by atoms with E-state index < -0.39 is 17.9 Å². The van der Waals surface area contributed by atoms with Crippen LogP contribution in [0, 0.1) is 12.3 Å². The van der Waals surface area contributed by atoms with Crippen molar-refractivity contribution in [1.29, 1.82) is 0 Å². The van der Waals surface area contributed by atoms with Crippen LogP contribution in [-0.4, -0.2) is 39.1 Å². The van der Waals surface area contributed by atoms with Gasteiger partial charge in [-0.2, -0.15) is 0 Å². The molecule has 0 aromatic rings. The van der Waals surface area contributed by atoms with Crippen molar-refractivity contribution in [2.45, 2.75) is 18.3 Å². The Kier molecular flexibility index (Phi) is 2.83. The predicted molar refractivity (Wildman–Crippen MR) is 49.0 cm³/mol. The van der Waals surface area contributed by atoms with Crippen LogP contribution in [0.4, 0.5) is 0 Å². The van der Waals surface area contributed by atoms with Gasteiger partial charge in [-0.1, -0.05) is 0 Å². The molecule has 1 saturated heterocycles. The van der Waals surface area contributed by atoms with Crippen molar-refractivity contribution in [2.24, 2.45) is 0 Å². The van der Waals surface area contributed by atoms with Crippen LogP contribution in [0.15, 0.2) is 0 Å². The number of carboxylic acids is 1. The van der Waals surface area contributed by atoms with Crippen LogP contribution in [0.5, 0.6) is 0 Å². The molecule has 4 nitrogen and oxygen atoms in total. The number of carbonyl (C=O) groups excluding carboxylic acids is 1. The van der Waals surface area contributed by atoms with E-state index >= 15 is 0 Å². The van der Waals surface area contributed by atoms with Crippen LogP contribution in [-0.2, 0) is 9.59 Å². The monoisotopic (exact) mass is 199 g/mol. The van der Waals surface area contributed by atoms with E-state index in [0.29, 0.717) is 5.75 Å². The zero-order valence-electron chi connectivity index (χ0n) is 7.06. The Balaban J connectivity index is 2.84. The summed E-state index contributed by atoms with van der Waals surface area (Å²) >= 11 is 1.41. The van der Waals surface area contributed by atoms with Gasteiger partial charge in [-0.05, 0) is 12.8 Å². The van der Waals surface area contributed by atoms with Gasteiger partial charge >= 0.3 is 5.97 Å². The van der Waals surface area contributed by atoms with Crippen LogP contribution in [0.25, 0.3) is 0 Å². The topological polar surface area (TPSA) is 57.6 Å². The van der Waals surface area contributed by atoms with Crippen LogP contribution >= 0.6 is 11.8 Å². The van der Waals surface area contributed by atoms with Gasteiger partial charge in [0.2, 0.25) is 0 Å². The Bertz CT molecular complexity index is 284. The molecule has 1 aliphatic rings. The summed E-state index contributed by atoms with van der Waals surface area (Å²) in [5, 5.41) is 8.62. The smallest absolute Gasteiger partial charge is 0.327 e. The molecule has 1 N–H and O–H groups in total. The van der Waals surface area contributed by atoms with E-state index in [1.807, 2.05) is 5.92 Å². The van der Waals surface area contributed by atoms with Gasteiger partial charge in [-0.15, -0.1) is 18.2 Å². The Morgan fingerprint density at radius 1 is 1.69 bits per heavy atom. The summed E-state index contributed by atoms with van der Waals surface area (Å²) in [4.78, 5) is 23.1. The first kappa shape index (κ1) is 9.93. The van der Waals surface area contributed by atoms with Gasteiger partial charge in [0, 0.05) is 5.75 Å². The number of amides is 1. The number of rotatable bonds is 1. The van der Waals surface area contributed by atoms with E-state index in [1.54, 1.807) is 6.92 Å². The highest BCUT2D eigenvalue weighted by atomic mass is 32.2. The summed E-state index contributed by atoms with van der Waals surface area (Å²) in [5.74, 6) is 0.789. The third kappa shape index (κ3) is 1.78. The van der Waals surface area contributed by atoms with Crippen molar-refractivity contribution in [3.05, 3.63) is 0 Å². The number of hydrogen-bond donors (Lipinski definition) is 1.